The van der Waals surface area contributed by atoms with Crippen molar-refractivity contribution in [1.29, 1.82) is 0 Å². The van der Waals surface area contributed by atoms with Crippen LogP contribution < -0.4 is 0 Å². The summed E-state index contributed by atoms with van der Waals surface area (Å²) in [6, 6.07) is 3.86. The average Bonchev–Trinajstić information content (AvgIpc) is 2.18. The van der Waals surface area contributed by atoms with E-state index in [0.717, 1.165) is 11.3 Å². The monoisotopic (exact) mass is 193 g/mol. The van der Waals surface area contributed by atoms with Crippen LogP contribution >= 0.6 is 0 Å². The molecular weight excluding hydrogens is 178 g/mol. The Bertz CT molecular complexity index is 304. The number of pyridine rings is 1. The number of ether oxygens (including phenoxy) is 1. The van der Waals surface area contributed by atoms with Crippen molar-refractivity contribution in [1.82, 2.24) is 4.98 Å². The van der Waals surface area contributed by atoms with Crippen molar-refractivity contribution in [3.63, 3.8) is 0 Å². The van der Waals surface area contributed by atoms with E-state index in [1.165, 1.54) is 7.11 Å². The molecule has 0 spiro atoms. The number of rotatable bonds is 3. The van der Waals surface area contributed by atoms with Gasteiger partial charge in [0.25, 0.3) is 0 Å². The zero-order chi connectivity index (χ0) is 10.6. The summed E-state index contributed by atoms with van der Waals surface area (Å²) in [6.45, 7) is 4.17. The van der Waals surface area contributed by atoms with Crippen molar-refractivity contribution in [2.75, 3.05) is 7.11 Å². The summed E-state index contributed by atoms with van der Waals surface area (Å²) in [6.07, 6.45) is 2.02. The van der Waals surface area contributed by atoms with Gasteiger partial charge in [0.15, 0.2) is 0 Å². The van der Waals surface area contributed by atoms with E-state index in [1.807, 2.05) is 12.1 Å². The predicted molar refractivity (Wildman–Crippen MR) is 54.0 cm³/mol. The van der Waals surface area contributed by atoms with E-state index >= 15 is 0 Å². The third-order valence-corrected chi connectivity index (χ3v) is 2.02. The van der Waals surface area contributed by atoms with E-state index in [-0.39, 0.29) is 5.97 Å². The molecule has 0 aliphatic rings. The van der Waals surface area contributed by atoms with Gasteiger partial charge in [0, 0.05) is 11.9 Å². The standard InChI is InChI=1S/C11H15NO2/c1-8(2)10-5-4-9(7-12-10)6-11(13)14-3/h4-5,7-8H,6H2,1-3H3. The minimum absolute atomic E-state index is 0.232. The number of hydrogen-bond donors (Lipinski definition) is 0. The number of esters is 1. The van der Waals surface area contributed by atoms with Crippen LogP contribution in [-0.4, -0.2) is 18.1 Å². The van der Waals surface area contributed by atoms with Gasteiger partial charge in [0.1, 0.15) is 0 Å². The Morgan fingerprint density at radius 3 is 2.64 bits per heavy atom. The molecule has 0 aromatic carbocycles. The molecule has 0 aliphatic carbocycles. The smallest absolute Gasteiger partial charge is 0.310 e. The van der Waals surface area contributed by atoms with Crippen molar-refractivity contribution < 1.29 is 9.53 Å². The van der Waals surface area contributed by atoms with Gasteiger partial charge in [0.05, 0.1) is 13.5 Å². The third-order valence-electron chi connectivity index (χ3n) is 2.02. The normalized spacial score (nSPS) is 10.3. The minimum Gasteiger partial charge on any atom is -0.469 e. The van der Waals surface area contributed by atoms with Crippen molar-refractivity contribution >= 4 is 5.97 Å². The Labute approximate surface area is 84.1 Å². The van der Waals surface area contributed by atoms with E-state index in [2.05, 4.69) is 23.6 Å². The summed E-state index contributed by atoms with van der Waals surface area (Å²) < 4.78 is 4.57. The fourth-order valence-electron chi connectivity index (χ4n) is 1.12. The first-order valence-corrected chi connectivity index (χ1v) is 4.65. The first kappa shape index (κ1) is 10.7. The summed E-state index contributed by atoms with van der Waals surface area (Å²) in [7, 11) is 1.39. The lowest BCUT2D eigenvalue weighted by Gasteiger charge is -2.04. The van der Waals surface area contributed by atoms with Crippen LogP contribution in [0.4, 0.5) is 0 Å². The third kappa shape index (κ3) is 2.83. The van der Waals surface area contributed by atoms with E-state index < -0.39 is 0 Å². The predicted octanol–water partition coefficient (Wildman–Crippen LogP) is 1.92. The average molecular weight is 193 g/mol. The first-order valence-electron chi connectivity index (χ1n) is 4.65. The van der Waals surface area contributed by atoms with Crippen LogP contribution in [0.2, 0.25) is 0 Å². The Hall–Kier alpha value is -1.38. The summed E-state index contributed by atoms with van der Waals surface area (Å²) in [5.41, 5.74) is 1.93. The molecule has 3 heteroatoms. The molecule has 76 valence electrons. The maximum atomic E-state index is 11.0. The van der Waals surface area contributed by atoms with Crippen LogP contribution in [0, 0.1) is 0 Å². The van der Waals surface area contributed by atoms with Crippen molar-refractivity contribution in [3.8, 4) is 0 Å². The molecule has 0 bridgehead atoms. The lowest BCUT2D eigenvalue weighted by molar-refractivity contribution is -0.139. The van der Waals surface area contributed by atoms with E-state index in [9.17, 15) is 4.79 Å². The molecule has 0 radical (unpaired) electrons. The highest BCUT2D eigenvalue weighted by Crippen LogP contribution is 2.11. The van der Waals surface area contributed by atoms with Gasteiger partial charge in [-0.2, -0.15) is 0 Å². The van der Waals surface area contributed by atoms with E-state index in [4.69, 9.17) is 0 Å². The molecule has 0 unspecified atom stereocenters. The number of methoxy groups -OCH3 is 1. The molecule has 0 N–H and O–H groups in total. The lowest BCUT2D eigenvalue weighted by atomic mass is 10.1. The molecule has 1 aromatic rings. The second-order valence-electron chi connectivity index (χ2n) is 3.50. The topological polar surface area (TPSA) is 39.2 Å². The van der Waals surface area contributed by atoms with Crippen LogP contribution in [0.25, 0.3) is 0 Å². The number of hydrogen-bond acceptors (Lipinski definition) is 3. The maximum Gasteiger partial charge on any atom is 0.310 e. The zero-order valence-corrected chi connectivity index (χ0v) is 8.78. The number of carbonyl (C=O) groups excluding carboxylic acids is 1. The van der Waals surface area contributed by atoms with Gasteiger partial charge in [-0.05, 0) is 17.5 Å². The Balaban J connectivity index is 2.69. The lowest BCUT2D eigenvalue weighted by Crippen LogP contribution is -2.05. The molecular formula is C11H15NO2. The number of aromatic nitrogens is 1. The minimum atomic E-state index is -0.232. The van der Waals surface area contributed by atoms with Crippen LogP contribution in [0.15, 0.2) is 18.3 Å². The quantitative estimate of drug-likeness (QED) is 0.688. The van der Waals surface area contributed by atoms with Crippen molar-refractivity contribution in [3.05, 3.63) is 29.6 Å². The largest absolute Gasteiger partial charge is 0.469 e. The summed E-state index contributed by atoms with van der Waals surface area (Å²) in [4.78, 5) is 15.2. The number of nitrogens with zero attached hydrogens (tertiary/aromatic N) is 1. The van der Waals surface area contributed by atoms with Crippen molar-refractivity contribution in [2.45, 2.75) is 26.2 Å². The summed E-state index contributed by atoms with van der Waals surface area (Å²) in [5.74, 6) is 0.186. The van der Waals surface area contributed by atoms with Crippen LogP contribution in [-0.2, 0) is 16.0 Å². The second-order valence-corrected chi connectivity index (χ2v) is 3.50. The van der Waals surface area contributed by atoms with Gasteiger partial charge in [-0.1, -0.05) is 19.9 Å². The molecule has 1 aromatic heterocycles. The molecule has 0 aliphatic heterocycles. The van der Waals surface area contributed by atoms with Crippen LogP contribution in [0.1, 0.15) is 31.0 Å². The fraction of sp³-hybridized carbons (Fsp3) is 0.455. The van der Waals surface area contributed by atoms with Gasteiger partial charge in [-0.15, -0.1) is 0 Å². The van der Waals surface area contributed by atoms with Gasteiger partial charge in [-0.3, -0.25) is 9.78 Å². The van der Waals surface area contributed by atoms with Crippen LogP contribution in [0.5, 0.6) is 0 Å². The van der Waals surface area contributed by atoms with Gasteiger partial charge in [-0.25, -0.2) is 0 Å². The Morgan fingerprint density at radius 1 is 1.50 bits per heavy atom. The fourth-order valence-corrected chi connectivity index (χ4v) is 1.12. The molecule has 3 nitrogen and oxygen atoms in total. The highest BCUT2D eigenvalue weighted by Gasteiger charge is 2.04. The van der Waals surface area contributed by atoms with E-state index in [1.54, 1.807) is 6.20 Å². The molecule has 1 rings (SSSR count). The highest BCUT2D eigenvalue weighted by molar-refractivity contribution is 5.72. The van der Waals surface area contributed by atoms with Gasteiger partial charge < -0.3 is 4.74 Å². The maximum absolute atomic E-state index is 11.0. The Morgan fingerprint density at radius 2 is 2.21 bits per heavy atom. The first-order chi connectivity index (χ1) is 6.63. The molecule has 0 saturated heterocycles. The molecule has 14 heavy (non-hydrogen) atoms. The molecule has 0 atom stereocenters. The second kappa shape index (κ2) is 4.74. The molecule has 0 amide bonds. The van der Waals surface area contributed by atoms with Gasteiger partial charge >= 0.3 is 5.97 Å². The van der Waals surface area contributed by atoms with Crippen molar-refractivity contribution in [2.24, 2.45) is 0 Å². The summed E-state index contributed by atoms with van der Waals surface area (Å²) >= 11 is 0. The van der Waals surface area contributed by atoms with Crippen LogP contribution in [0.3, 0.4) is 0 Å². The number of carbonyl (C=O) groups is 1. The highest BCUT2D eigenvalue weighted by atomic mass is 16.5. The molecule has 0 fully saturated rings. The zero-order valence-electron chi connectivity index (χ0n) is 8.78. The summed E-state index contributed by atoms with van der Waals surface area (Å²) in [5, 5.41) is 0. The SMILES string of the molecule is COC(=O)Cc1ccc(C(C)C)nc1. The molecule has 1 heterocycles. The van der Waals surface area contributed by atoms with E-state index in [0.29, 0.717) is 12.3 Å². The molecule has 0 saturated carbocycles. The van der Waals surface area contributed by atoms with Gasteiger partial charge in [0.2, 0.25) is 0 Å². The Kier molecular flexibility index (Phi) is 3.63.